The van der Waals surface area contributed by atoms with Crippen molar-refractivity contribution in [3.63, 3.8) is 0 Å². The molecule has 7 aromatic rings. The molecule has 0 N–H and O–H groups in total. The molecule has 0 bridgehead atoms. The van der Waals surface area contributed by atoms with E-state index in [0.29, 0.717) is 0 Å². The second-order valence-electron chi connectivity index (χ2n) is 11.4. The first-order valence-corrected chi connectivity index (χ1v) is 15.5. The summed E-state index contributed by atoms with van der Waals surface area (Å²) in [6, 6.07) is 57.8. The van der Waals surface area contributed by atoms with Crippen molar-refractivity contribution in [2.24, 2.45) is 0 Å². The maximum atomic E-state index is 3.87. The Kier molecular flexibility index (Phi) is 5.33. The molecule has 0 saturated carbocycles. The molecule has 0 aromatic heterocycles. The SMILES string of the molecule is Brc1ccc2c(c1)C1(c3ccccc3-2)c2ccccc2-c2c1c(N(c1ccccc1)c1ccccc1)cc1ccccc21. The van der Waals surface area contributed by atoms with Gasteiger partial charge in [0.25, 0.3) is 0 Å². The van der Waals surface area contributed by atoms with E-state index in [1.54, 1.807) is 0 Å². The molecule has 7 aromatic carbocycles. The molecule has 0 saturated heterocycles. The minimum atomic E-state index is -0.483. The predicted molar refractivity (Wildman–Crippen MR) is 183 cm³/mol. The number of para-hydroxylation sites is 2. The first-order chi connectivity index (χ1) is 21.3. The highest BCUT2D eigenvalue weighted by molar-refractivity contribution is 9.10. The third-order valence-corrected chi connectivity index (χ3v) is 9.77. The number of nitrogens with zero attached hydrogens (tertiary/aromatic N) is 1. The maximum Gasteiger partial charge on any atom is 0.0746 e. The lowest BCUT2D eigenvalue weighted by molar-refractivity contribution is 0.793. The van der Waals surface area contributed by atoms with Crippen LogP contribution in [0, 0.1) is 0 Å². The van der Waals surface area contributed by atoms with Gasteiger partial charge in [-0.2, -0.15) is 0 Å². The molecule has 1 nitrogen and oxygen atoms in total. The predicted octanol–water partition coefficient (Wildman–Crippen LogP) is 11.4. The van der Waals surface area contributed by atoms with Crippen LogP contribution >= 0.6 is 15.9 Å². The topological polar surface area (TPSA) is 3.24 Å². The van der Waals surface area contributed by atoms with Gasteiger partial charge >= 0.3 is 0 Å². The summed E-state index contributed by atoms with van der Waals surface area (Å²) in [5.74, 6) is 0. The number of anilines is 3. The molecule has 9 rings (SSSR count). The van der Waals surface area contributed by atoms with E-state index in [1.165, 1.54) is 61.0 Å². The van der Waals surface area contributed by atoms with Crippen molar-refractivity contribution in [1.82, 2.24) is 0 Å². The Labute approximate surface area is 259 Å². The summed E-state index contributed by atoms with van der Waals surface area (Å²) in [7, 11) is 0. The molecule has 0 radical (unpaired) electrons. The van der Waals surface area contributed by atoms with Crippen LogP contribution in [0.1, 0.15) is 22.3 Å². The maximum absolute atomic E-state index is 3.87. The van der Waals surface area contributed by atoms with Crippen molar-refractivity contribution in [2.45, 2.75) is 5.41 Å². The van der Waals surface area contributed by atoms with Crippen molar-refractivity contribution < 1.29 is 0 Å². The van der Waals surface area contributed by atoms with Crippen LogP contribution < -0.4 is 4.90 Å². The molecule has 0 amide bonds. The highest BCUT2D eigenvalue weighted by Gasteiger charge is 2.54. The molecule has 1 atom stereocenters. The van der Waals surface area contributed by atoms with Gasteiger partial charge in [0, 0.05) is 21.4 Å². The van der Waals surface area contributed by atoms with Crippen LogP contribution in [0.15, 0.2) is 162 Å². The van der Waals surface area contributed by atoms with E-state index in [4.69, 9.17) is 0 Å². The average molecular weight is 613 g/mol. The van der Waals surface area contributed by atoms with Gasteiger partial charge in [0.05, 0.1) is 11.1 Å². The average Bonchev–Trinajstić information content (AvgIpc) is 3.53. The van der Waals surface area contributed by atoms with E-state index < -0.39 is 5.41 Å². The first kappa shape index (κ1) is 24.7. The molecule has 2 heteroatoms. The fourth-order valence-corrected chi connectivity index (χ4v) is 8.08. The van der Waals surface area contributed by atoms with Gasteiger partial charge in [-0.05, 0) is 92.2 Å². The molecule has 2 aliphatic rings. The highest BCUT2D eigenvalue weighted by atomic mass is 79.9. The molecule has 43 heavy (non-hydrogen) atoms. The second-order valence-corrected chi connectivity index (χ2v) is 12.3. The Morgan fingerprint density at radius 3 is 1.74 bits per heavy atom. The summed E-state index contributed by atoms with van der Waals surface area (Å²) < 4.78 is 1.09. The number of hydrogen-bond acceptors (Lipinski definition) is 1. The Balaban J connectivity index is 1.53. The lowest BCUT2D eigenvalue weighted by atomic mass is 9.69. The summed E-state index contributed by atoms with van der Waals surface area (Å²) in [6.07, 6.45) is 0. The van der Waals surface area contributed by atoms with Gasteiger partial charge in [0.2, 0.25) is 0 Å². The molecule has 1 spiro atoms. The number of fused-ring (bicyclic) bond motifs is 12. The van der Waals surface area contributed by atoms with Crippen LogP contribution in [-0.2, 0) is 5.41 Å². The second kappa shape index (κ2) is 9.29. The number of rotatable bonds is 3. The zero-order valence-corrected chi connectivity index (χ0v) is 24.9. The first-order valence-electron chi connectivity index (χ1n) is 14.7. The monoisotopic (exact) mass is 611 g/mol. The Morgan fingerprint density at radius 2 is 1.02 bits per heavy atom. The summed E-state index contributed by atoms with van der Waals surface area (Å²) in [5, 5.41) is 2.52. The van der Waals surface area contributed by atoms with Gasteiger partial charge in [-0.1, -0.05) is 131 Å². The van der Waals surface area contributed by atoms with Gasteiger partial charge in [-0.3, -0.25) is 0 Å². The minimum Gasteiger partial charge on any atom is -0.310 e. The Hall–Kier alpha value is -4.92. The van der Waals surface area contributed by atoms with Crippen molar-refractivity contribution in [2.75, 3.05) is 4.90 Å². The molecule has 0 aliphatic heterocycles. The normalized spacial score (nSPS) is 15.7. The smallest absolute Gasteiger partial charge is 0.0746 e. The largest absolute Gasteiger partial charge is 0.310 e. The van der Waals surface area contributed by atoms with Gasteiger partial charge in [-0.25, -0.2) is 0 Å². The summed E-state index contributed by atoms with van der Waals surface area (Å²) in [6.45, 7) is 0. The molecule has 202 valence electrons. The standard InChI is InChI=1S/C41H26BrN/c42-28-23-24-33-32-19-9-11-21-35(32)41(37(33)26-28)36-22-12-10-20-34(36)39-31-18-8-7-13-27(31)25-38(40(39)41)43(29-14-3-1-4-15-29)30-16-5-2-6-17-30/h1-26H. The van der Waals surface area contributed by atoms with Crippen LogP contribution in [0.4, 0.5) is 17.1 Å². The van der Waals surface area contributed by atoms with Crippen LogP contribution in [-0.4, -0.2) is 0 Å². The van der Waals surface area contributed by atoms with E-state index in [2.05, 4.69) is 179 Å². The van der Waals surface area contributed by atoms with Gasteiger partial charge < -0.3 is 4.90 Å². The van der Waals surface area contributed by atoms with Crippen LogP contribution in [0.5, 0.6) is 0 Å². The zero-order chi connectivity index (χ0) is 28.5. The Bertz CT molecular complexity index is 2160. The fraction of sp³-hybridized carbons (Fsp3) is 0.0244. The van der Waals surface area contributed by atoms with Crippen molar-refractivity contribution >= 4 is 43.8 Å². The zero-order valence-electron chi connectivity index (χ0n) is 23.3. The van der Waals surface area contributed by atoms with E-state index in [-0.39, 0.29) is 0 Å². The van der Waals surface area contributed by atoms with Gasteiger partial charge in [0.15, 0.2) is 0 Å². The lowest BCUT2D eigenvalue weighted by Crippen LogP contribution is -2.28. The van der Waals surface area contributed by atoms with Crippen molar-refractivity contribution in [3.8, 4) is 22.3 Å². The van der Waals surface area contributed by atoms with E-state index in [1.807, 2.05) is 0 Å². The quantitative estimate of drug-likeness (QED) is 0.192. The van der Waals surface area contributed by atoms with Crippen LogP contribution in [0.2, 0.25) is 0 Å². The Morgan fingerprint density at radius 1 is 0.465 bits per heavy atom. The third kappa shape index (κ3) is 3.33. The summed E-state index contributed by atoms with van der Waals surface area (Å²) in [5.41, 5.74) is 13.6. The van der Waals surface area contributed by atoms with Gasteiger partial charge in [-0.15, -0.1) is 0 Å². The molecule has 0 heterocycles. The van der Waals surface area contributed by atoms with Crippen molar-refractivity contribution in [3.05, 3.63) is 184 Å². The number of halogens is 1. The minimum absolute atomic E-state index is 0.483. The highest BCUT2D eigenvalue weighted by Crippen LogP contribution is 2.66. The van der Waals surface area contributed by atoms with Gasteiger partial charge in [0.1, 0.15) is 0 Å². The van der Waals surface area contributed by atoms with E-state index >= 15 is 0 Å². The molecule has 2 aliphatic carbocycles. The van der Waals surface area contributed by atoms with Crippen LogP contribution in [0.3, 0.4) is 0 Å². The molecule has 0 fully saturated rings. The van der Waals surface area contributed by atoms with E-state index in [9.17, 15) is 0 Å². The molecular formula is C41H26BrN. The van der Waals surface area contributed by atoms with E-state index in [0.717, 1.165) is 15.8 Å². The third-order valence-electron chi connectivity index (χ3n) is 9.28. The number of hydrogen-bond donors (Lipinski definition) is 0. The van der Waals surface area contributed by atoms with Crippen molar-refractivity contribution in [1.29, 1.82) is 0 Å². The lowest BCUT2D eigenvalue weighted by Gasteiger charge is -2.36. The summed E-state index contributed by atoms with van der Waals surface area (Å²) in [4.78, 5) is 2.46. The molecular weight excluding hydrogens is 586 g/mol. The number of benzene rings is 7. The summed E-state index contributed by atoms with van der Waals surface area (Å²) >= 11 is 3.87. The molecule has 1 unspecified atom stereocenters. The fourth-order valence-electron chi connectivity index (χ4n) is 7.72. The van der Waals surface area contributed by atoms with Crippen LogP contribution in [0.25, 0.3) is 33.0 Å².